The first-order chi connectivity index (χ1) is 7.99. The third kappa shape index (κ3) is 3.01. The number of thioether (sulfide) groups is 1. The van der Waals surface area contributed by atoms with E-state index in [1.807, 2.05) is 30.3 Å². The molecule has 0 amide bonds. The maximum atomic E-state index is 10.1. The average molecular weight is 254 g/mol. The standard InChI is InChI=1S/C13H18O3S/c1-9-12(14)13(2,15)8-11(16-9)17-10-6-4-3-5-7-10/h3-7,9,11-12,14-15H,8H2,1-2H3. The Morgan fingerprint density at radius 1 is 1.35 bits per heavy atom. The van der Waals surface area contributed by atoms with Crippen LogP contribution in [0.5, 0.6) is 0 Å². The Bertz CT molecular complexity index is 366. The van der Waals surface area contributed by atoms with E-state index in [0.717, 1.165) is 4.90 Å². The molecule has 4 heteroatoms. The Morgan fingerprint density at radius 3 is 2.59 bits per heavy atom. The molecule has 0 saturated carbocycles. The summed E-state index contributed by atoms with van der Waals surface area (Å²) in [6.07, 6.45) is -0.743. The van der Waals surface area contributed by atoms with E-state index >= 15 is 0 Å². The predicted molar refractivity (Wildman–Crippen MR) is 67.9 cm³/mol. The van der Waals surface area contributed by atoms with E-state index in [1.165, 1.54) is 0 Å². The van der Waals surface area contributed by atoms with E-state index in [1.54, 1.807) is 25.6 Å². The normalized spacial score (nSPS) is 38.0. The van der Waals surface area contributed by atoms with Crippen molar-refractivity contribution in [3.8, 4) is 0 Å². The Hall–Kier alpha value is -0.550. The van der Waals surface area contributed by atoms with Crippen molar-refractivity contribution in [1.82, 2.24) is 0 Å². The maximum Gasteiger partial charge on any atom is 0.111 e. The highest BCUT2D eigenvalue weighted by molar-refractivity contribution is 7.99. The minimum atomic E-state index is -1.08. The van der Waals surface area contributed by atoms with Gasteiger partial charge in [-0.15, -0.1) is 0 Å². The van der Waals surface area contributed by atoms with Crippen molar-refractivity contribution in [1.29, 1.82) is 0 Å². The smallest absolute Gasteiger partial charge is 0.111 e. The molecule has 1 heterocycles. The van der Waals surface area contributed by atoms with Gasteiger partial charge in [0, 0.05) is 11.3 Å². The first-order valence-electron chi connectivity index (χ1n) is 5.76. The molecule has 17 heavy (non-hydrogen) atoms. The Balaban J connectivity index is 2.04. The first-order valence-corrected chi connectivity index (χ1v) is 6.64. The molecule has 0 bridgehead atoms. The van der Waals surface area contributed by atoms with Gasteiger partial charge in [-0.2, -0.15) is 0 Å². The zero-order valence-corrected chi connectivity index (χ0v) is 10.9. The molecule has 1 aliphatic rings. The van der Waals surface area contributed by atoms with E-state index in [9.17, 15) is 10.2 Å². The Morgan fingerprint density at radius 2 is 2.00 bits per heavy atom. The van der Waals surface area contributed by atoms with Crippen molar-refractivity contribution >= 4 is 11.8 Å². The number of rotatable bonds is 2. The van der Waals surface area contributed by atoms with Gasteiger partial charge < -0.3 is 14.9 Å². The number of aliphatic hydroxyl groups excluding tert-OH is 1. The van der Waals surface area contributed by atoms with Gasteiger partial charge in [0.1, 0.15) is 11.5 Å². The van der Waals surface area contributed by atoms with Crippen LogP contribution in [0.15, 0.2) is 35.2 Å². The van der Waals surface area contributed by atoms with Crippen LogP contribution in [0, 0.1) is 0 Å². The molecule has 2 N–H and O–H groups in total. The summed E-state index contributed by atoms with van der Waals surface area (Å²) in [6.45, 7) is 3.45. The molecular formula is C13H18O3S. The average Bonchev–Trinajstić information content (AvgIpc) is 2.27. The molecule has 0 aromatic heterocycles. The Labute approximate surface area is 106 Å². The molecule has 1 aliphatic heterocycles. The monoisotopic (exact) mass is 254 g/mol. The maximum absolute atomic E-state index is 10.1. The van der Waals surface area contributed by atoms with Gasteiger partial charge in [-0.3, -0.25) is 0 Å². The molecule has 2 rings (SSSR count). The van der Waals surface area contributed by atoms with Gasteiger partial charge in [0.25, 0.3) is 0 Å². The lowest BCUT2D eigenvalue weighted by Crippen LogP contribution is -2.53. The summed E-state index contributed by atoms with van der Waals surface area (Å²) in [7, 11) is 0. The highest BCUT2D eigenvalue weighted by atomic mass is 32.2. The summed E-state index contributed by atoms with van der Waals surface area (Å²) in [5, 5.41) is 19.9. The zero-order chi connectivity index (χ0) is 12.5. The van der Waals surface area contributed by atoms with Crippen molar-refractivity contribution < 1.29 is 14.9 Å². The second-order valence-electron chi connectivity index (χ2n) is 4.71. The number of hydrogen-bond donors (Lipinski definition) is 2. The van der Waals surface area contributed by atoms with Crippen LogP contribution in [0.1, 0.15) is 20.3 Å². The SMILES string of the molecule is CC1OC(Sc2ccccc2)CC(C)(O)C1O. The lowest BCUT2D eigenvalue weighted by molar-refractivity contribution is -0.184. The quantitative estimate of drug-likeness (QED) is 0.848. The third-order valence-electron chi connectivity index (χ3n) is 3.04. The van der Waals surface area contributed by atoms with Crippen molar-refractivity contribution in [3.05, 3.63) is 30.3 Å². The first kappa shape index (κ1) is 12.9. The van der Waals surface area contributed by atoms with Crippen LogP contribution in [0.2, 0.25) is 0 Å². The Kier molecular flexibility index (Phi) is 3.78. The summed E-state index contributed by atoms with van der Waals surface area (Å²) in [6, 6.07) is 9.94. The van der Waals surface area contributed by atoms with E-state index in [4.69, 9.17) is 4.74 Å². The summed E-state index contributed by atoms with van der Waals surface area (Å²) in [5.41, 5.74) is -1.20. The van der Waals surface area contributed by atoms with Crippen LogP contribution in [0.4, 0.5) is 0 Å². The number of benzene rings is 1. The molecule has 0 spiro atoms. The minimum absolute atomic E-state index is 0.120. The predicted octanol–water partition coefficient (Wildman–Crippen LogP) is 2.03. The van der Waals surface area contributed by atoms with Crippen molar-refractivity contribution in [2.75, 3.05) is 0 Å². The van der Waals surface area contributed by atoms with Gasteiger partial charge in [-0.05, 0) is 26.0 Å². The minimum Gasteiger partial charge on any atom is -0.387 e. The third-order valence-corrected chi connectivity index (χ3v) is 4.12. The van der Waals surface area contributed by atoms with Gasteiger partial charge >= 0.3 is 0 Å². The van der Waals surface area contributed by atoms with Crippen LogP contribution in [-0.2, 0) is 4.74 Å². The van der Waals surface area contributed by atoms with Gasteiger partial charge in [-0.1, -0.05) is 30.0 Å². The highest BCUT2D eigenvalue weighted by Crippen LogP contribution is 2.37. The topological polar surface area (TPSA) is 49.7 Å². The molecule has 1 fully saturated rings. The second-order valence-corrected chi connectivity index (χ2v) is 5.94. The van der Waals surface area contributed by atoms with Crippen molar-refractivity contribution in [3.63, 3.8) is 0 Å². The lowest BCUT2D eigenvalue weighted by atomic mass is 9.90. The molecule has 3 nitrogen and oxygen atoms in total. The fraction of sp³-hybridized carbons (Fsp3) is 0.538. The fourth-order valence-electron chi connectivity index (χ4n) is 2.05. The summed E-state index contributed by atoms with van der Waals surface area (Å²) >= 11 is 1.58. The second kappa shape index (κ2) is 4.98. The summed E-state index contributed by atoms with van der Waals surface area (Å²) < 4.78 is 5.69. The van der Waals surface area contributed by atoms with Crippen molar-refractivity contribution in [2.45, 2.75) is 48.4 Å². The van der Waals surface area contributed by atoms with Crippen LogP contribution in [0.3, 0.4) is 0 Å². The molecule has 1 aromatic rings. The van der Waals surface area contributed by atoms with Gasteiger partial charge in [-0.25, -0.2) is 0 Å². The number of aliphatic hydroxyl groups is 2. The number of hydrogen-bond acceptors (Lipinski definition) is 4. The molecule has 1 saturated heterocycles. The highest BCUT2D eigenvalue weighted by Gasteiger charge is 2.43. The van der Waals surface area contributed by atoms with E-state index in [-0.39, 0.29) is 11.5 Å². The zero-order valence-electron chi connectivity index (χ0n) is 10.0. The van der Waals surface area contributed by atoms with Crippen molar-refractivity contribution in [2.24, 2.45) is 0 Å². The summed E-state index contributed by atoms with van der Waals surface area (Å²) in [4.78, 5) is 1.11. The summed E-state index contributed by atoms with van der Waals surface area (Å²) in [5.74, 6) is 0. The fourth-order valence-corrected chi connectivity index (χ4v) is 3.32. The van der Waals surface area contributed by atoms with Crippen LogP contribution in [0.25, 0.3) is 0 Å². The largest absolute Gasteiger partial charge is 0.387 e. The molecule has 1 aromatic carbocycles. The van der Waals surface area contributed by atoms with Crippen LogP contribution >= 0.6 is 11.8 Å². The number of ether oxygens (including phenoxy) is 1. The van der Waals surface area contributed by atoms with Gasteiger partial charge in [0.05, 0.1) is 11.7 Å². The molecule has 4 unspecified atom stereocenters. The molecule has 0 radical (unpaired) electrons. The molecule has 94 valence electrons. The van der Waals surface area contributed by atoms with Gasteiger partial charge in [0.2, 0.25) is 0 Å². The lowest BCUT2D eigenvalue weighted by Gasteiger charge is -2.41. The van der Waals surface area contributed by atoms with E-state index in [0.29, 0.717) is 6.42 Å². The van der Waals surface area contributed by atoms with E-state index < -0.39 is 11.7 Å². The van der Waals surface area contributed by atoms with Crippen LogP contribution < -0.4 is 0 Å². The van der Waals surface area contributed by atoms with Crippen LogP contribution in [-0.4, -0.2) is 33.5 Å². The molecule has 4 atom stereocenters. The molecular weight excluding hydrogens is 236 g/mol. The molecule has 0 aliphatic carbocycles. The van der Waals surface area contributed by atoms with Gasteiger partial charge in [0.15, 0.2) is 0 Å². The van der Waals surface area contributed by atoms with E-state index in [2.05, 4.69) is 0 Å².